The van der Waals surface area contributed by atoms with Crippen LogP contribution in [0.25, 0.3) is 0 Å². The van der Waals surface area contributed by atoms with Gasteiger partial charge in [-0.3, -0.25) is 4.18 Å². The molecular weight excluding hydrogens is 206 g/mol. The summed E-state index contributed by atoms with van der Waals surface area (Å²) in [6, 6.07) is 4.17. The molecule has 0 aromatic carbocycles. The maximum atomic E-state index is 9.22. The summed E-state index contributed by atoms with van der Waals surface area (Å²) < 4.78 is 33.0. The van der Waals surface area contributed by atoms with Crippen LogP contribution in [0.1, 0.15) is 5.56 Å². The first-order valence-corrected chi connectivity index (χ1v) is 5.12. The van der Waals surface area contributed by atoms with Crippen LogP contribution in [-0.4, -0.2) is 20.1 Å². The van der Waals surface area contributed by atoms with Crippen LogP contribution in [-0.2, 0) is 21.6 Å². The van der Waals surface area contributed by atoms with Crippen LogP contribution in [0, 0.1) is 6.92 Å². The number of pyridine rings is 1. The number of aryl methyl sites for hydroxylation is 2. The largest absolute Gasteiger partial charge is 0.726 e. The highest BCUT2D eigenvalue weighted by Crippen LogP contribution is 1.87. The van der Waals surface area contributed by atoms with Crippen molar-refractivity contribution >= 4 is 10.4 Å². The Kier molecular flexibility index (Phi) is 5.29. The third-order valence-corrected chi connectivity index (χ3v) is 1.76. The lowest BCUT2D eigenvalue weighted by molar-refractivity contribution is -0.671. The zero-order valence-corrected chi connectivity index (χ0v) is 9.11. The summed E-state index contributed by atoms with van der Waals surface area (Å²) in [4.78, 5) is 0. The van der Waals surface area contributed by atoms with Gasteiger partial charge in [-0.1, -0.05) is 0 Å². The molecule has 0 aliphatic rings. The molecule has 0 radical (unpaired) electrons. The fraction of sp³-hybridized carbons (Fsp3) is 0.375. The predicted octanol–water partition coefficient (Wildman–Crippen LogP) is -0.0875. The second-order valence-electron chi connectivity index (χ2n) is 2.62. The van der Waals surface area contributed by atoms with Crippen LogP contribution >= 0.6 is 0 Å². The predicted molar refractivity (Wildman–Crippen MR) is 49.1 cm³/mol. The normalized spacial score (nSPS) is 10.3. The Bertz CT molecular complexity index is 336. The molecule has 0 atom stereocenters. The van der Waals surface area contributed by atoms with Gasteiger partial charge in [-0.2, -0.15) is 0 Å². The van der Waals surface area contributed by atoms with E-state index in [2.05, 4.69) is 23.2 Å². The Hall–Kier alpha value is -0.980. The van der Waals surface area contributed by atoms with E-state index in [0.29, 0.717) is 0 Å². The summed E-state index contributed by atoms with van der Waals surface area (Å²) in [7, 11) is -1.59. The standard InChI is InChI=1S/C7H10N.CH4O4S/c1-7-3-5-8(2)6-4-7;1-5-6(2,3)4/h3-6H,1-2H3;1H3,(H,2,3,4)/q+1;/p-1. The van der Waals surface area contributed by atoms with Gasteiger partial charge in [0.15, 0.2) is 12.4 Å². The van der Waals surface area contributed by atoms with Gasteiger partial charge in [-0.05, 0) is 12.5 Å². The third kappa shape index (κ3) is 7.66. The first-order valence-electron chi connectivity index (χ1n) is 3.78. The molecule has 1 rings (SSSR count). The van der Waals surface area contributed by atoms with Crippen LogP contribution < -0.4 is 4.57 Å². The van der Waals surface area contributed by atoms with E-state index in [1.807, 2.05) is 24.0 Å². The first-order chi connectivity index (χ1) is 6.35. The smallest absolute Gasteiger partial charge is 0.217 e. The van der Waals surface area contributed by atoms with Crippen LogP contribution in [0.5, 0.6) is 0 Å². The number of nitrogens with zero attached hydrogens (tertiary/aromatic N) is 1. The van der Waals surface area contributed by atoms with E-state index in [-0.39, 0.29) is 0 Å². The zero-order chi connectivity index (χ0) is 11.2. The van der Waals surface area contributed by atoms with Crippen molar-refractivity contribution in [3.63, 3.8) is 0 Å². The van der Waals surface area contributed by atoms with E-state index in [1.165, 1.54) is 5.56 Å². The lowest BCUT2D eigenvalue weighted by atomic mass is 10.3. The first kappa shape index (κ1) is 13.0. The fourth-order valence-corrected chi connectivity index (χ4v) is 0.576. The molecule has 1 heterocycles. The van der Waals surface area contributed by atoms with Gasteiger partial charge in [0.05, 0.1) is 7.11 Å². The highest BCUT2D eigenvalue weighted by molar-refractivity contribution is 7.80. The molecule has 0 bridgehead atoms. The molecule has 80 valence electrons. The van der Waals surface area contributed by atoms with Gasteiger partial charge in [-0.15, -0.1) is 0 Å². The maximum Gasteiger partial charge on any atom is 0.217 e. The highest BCUT2D eigenvalue weighted by Gasteiger charge is 1.85. The van der Waals surface area contributed by atoms with Crippen molar-refractivity contribution in [1.82, 2.24) is 0 Å². The Labute approximate surface area is 83.9 Å². The minimum Gasteiger partial charge on any atom is -0.726 e. The molecule has 0 aliphatic heterocycles. The molecule has 0 spiro atoms. The molecule has 5 nitrogen and oxygen atoms in total. The SMILES string of the molecule is COS(=O)(=O)[O-].Cc1cc[n+](C)cc1. The molecule has 0 N–H and O–H groups in total. The number of rotatable bonds is 1. The Morgan fingerprint density at radius 3 is 1.93 bits per heavy atom. The molecular formula is C8H13NO4S. The minimum atomic E-state index is -4.41. The van der Waals surface area contributed by atoms with Gasteiger partial charge in [0.25, 0.3) is 0 Å². The van der Waals surface area contributed by atoms with Gasteiger partial charge >= 0.3 is 0 Å². The summed E-state index contributed by atoms with van der Waals surface area (Å²) >= 11 is 0. The van der Waals surface area contributed by atoms with E-state index in [1.54, 1.807) is 0 Å². The Balaban J connectivity index is 0.000000255. The molecule has 1 aromatic heterocycles. The summed E-state index contributed by atoms with van der Waals surface area (Å²) in [5.41, 5.74) is 1.31. The summed E-state index contributed by atoms with van der Waals surface area (Å²) in [5, 5.41) is 0. The summed E-state index contributed by atoms with van der Waals surface area (Å²) in [5.74, 6) is 0. The molecule has 0 saturated carbocycles. The number of hydrogen-bond donors (Lipinski definition) is 0. The number of hydrogen-bond acceptors (Lipinski definition) is 4. The maximum absolute atomic E-state index is 9.22. The van der Waals surface area contributed by atoms with Crippen molar-refractivity contribution in [2.75, 3.05) is 7.11 Å². The molecule has 0 amide bonds. The van der Waals surface area contributed by atoms with E-state index in [4.69, 9.17) is 0 Å². The fourth-order valence-electron chi connectivity index (χ4n) is 0.576. The summed E-state index contributed by atoms with van der Waals surface area (Å²) in [6.07, 6.45) is 4.07. The van der Waals surface area contributed by atoms with Crippen molar-refractivity contribution in [2.45, 2.75) is 6.92 Å². The third-order valence-electron chi connectivity index (χ3n) is 1.35. The number of aromatic nitrogens is 1. The second-order valence-corrected chi connectivity index (χ2v) is 3.77. The highest BCUT2D eigenvalue weighted by atomic mass is 32.3. The average Bonchev–Trinajstić information content (AvgIpc) is 2.10. The van der Waals surface area contributed by atoms with E-state index < -0.39 is 10.4 Å². The molecule has 1 aromatic rings. The van der Waals surface area contributed by atoms with E-state index in [9.17, 15) is 13.0 Å². The zero-order valence-electron chi connectivity index (χ0n) is 8.30. The minimum absolute atomic E-state index is 0.808. The average molecular weight is 219 g/mol. The van der Waals surface area contributed by atoms with Crippen molar-refractivity contribution in [1.29, 1.82) is 0 Å². The van der Waals surface area contributed by atoms with Crippen molar-refractivity contribution in [3.05, 3.63) is 30.1 Å². The Morgan fingerprint density at radius 2 is 1.71 bits per heavy atom. The van der Waals surface area contributed by atoms with Crippen LogP contribution in [0.4, 0.5) is 0 Å². The monoisotopic (exact) mass is 219 g/mol. The van der Waals surface area contributed by atoms with Crippen molar-refractivity contribution in [2.24, 2.45) is 7.05 Å². The molecule has 14 heavy (non-hydrogen) atoms. The van der Waals surface area contributed by atoms with Crippen LogP contribution in [0.2, 0.25) is 0 Å². The van der Waals surface area contributed by atoms with Gasteiger partial charge < -0.3 is 4.55 Å². The lowest BCUT2D eigenvalue weighted by Crippen LogP contribution is -2.25. The van der Waals surface area contributed by atoms with Gasteiger partial charge in [0.2, 0.25) is 10.4 Å². The van der Waals surface area contributed by atoms with Crippen molar-refractivity contribution < 1.29 is 21.7 Å². The van der Waals surface area contributed by atoms with Crippen LogP contribution in [0.15, 0.2) is 24.5 Å². The molecule has 0 fully saturated rings. The molecule has 6 heteroatoms. The molecule has 0 saturated heterocycles. The molecule has 0 aliphatic carbocycles. The Morgan fingerprint density at radius 1 is 1.36 bits per heavy atom. The van der Waals surface area contributed by atoms with Gasteiger partial charge in [-0.25, -0.2) is 13.0 Å². The second kappa shape index (κ2) is 5.69. The van der Waals surface area contributed by atoms with Crippen LogP contribution in [0.3, 0.4) is 0 Å². The quantitative estimate of drug-likeness (QED) is 0.376. The van der Waals surface area contributed by atoms with Gasteiger partial charge in [0.1, 0.15) is 7.05 Å². The van der Waals surface area contributed by atoms with Gasteiger partial charge in [0, 0.05) is 12.1 Å². The summed E-state index contributed by atoms with van der Waals surface area (Å²) in [6.45, 7) is 2.08. The molecule has 0 unspecified atom stereocenters. The van der Waals surface area contributed by atoms with E-state index in [0.717, 1.165) is 7.11 Å². The topological polar surface area (TPSA) is 70.3 Å². The lowest BCUT2D eigenvalue weighted by Gasteiger charge is -1.98. The van der Waals surface area contributed by atoms with E-state index >= 15 is 0 Å². The van der Waals surface area contributed by atoms with Crippen molar-refractivity contribution in [3.8, 4) is 0 Å².